The van der Waals surface area contributed by atoms with Crippen molar-refractivity contribution in [2.75, 3.05) is 19.8 Å². The van der Waals surface area contributed by atoms with E-state index in [0.717, 1.165) is 32.3 Å². The van der Waals surface area contributed by atoms with Crippen LogP contribution < -0.4 is 5.32 Å². The second-order valence-corrected chi connectivity index (χ2v) is 5.25. The molecule has 1 fully saturated rings. The molecule has 1 atom stereocenters. The molecule has 0 aromatic rings. The van der Waals surface area contributed by atoms with Gasteiger partial charge in [-0.05, 0) is 33.1 Å². The molecule has 0 radical (unpaired) electrons. The van der Waals surface area contributed by atoms with E-state index >= 15 is 0 Å². The van der Waals surface area contributed by atoms with Gasteiger partial charge < -0.3 is 14.8 Å². The van der Waals surface area contributed by atoms with Crippen LogP contribution in [0, 0.1) is 0 Å². The first kappa shape index (κ1) is 14.5. The Morgan fingerprint density at radius 2 is 2.29 bits per heavy atom. The molecular weight excluding hydrogens is 218 g/mol. The molecule has 0 aromatic heterocycles. The second-order valence-electron chi connectivity index (χ2n) is 5.25. The monoisotopic (exact) mass is 243 g/mol. The zero-order valence-corrected chi connectivity index (χ0v) is 11.3. The van der Waals surface area contributed by atoms with Crippen LogP contribution in [0.5, 0.6) is 0 Å². The molecule has 0 saturated carbocycles. The molecule has 1 aliphatic rings. The van der Waals surface area contributed by atoms with Crippen molar-refractivity contribution in [1.82, 2.24) is 5.32 Å². The van der Waals surface area contributed by atoms with E-state index in [1.807, 2.05) is 0 Å². The number of unbranched alkanes of at least 4 members (excludes halogenated alkanes) is 1. The third-order valence-electron chi connectivity index (χ3n) is 2.99. The van der Waals surface area contributed by atoms with Crippen LogP contribution in [0.15, 0.2) is 0 Å². The minimum atomic E-state index is -0.150. The van der Waals surface area contributed by atoms with Crippen molar-refractivity contribution in [3.05, 3.63) is 0 Å². The Morgan fingerprint density at radius 1 is 1.53 bits per heavy atom. The second kappa shape index (κ2) is 6.97. The van der Waals surface area contributed by atoms with Crippen LogP contribution in [0.1, 0.15) is 46.5 Å². The predicted molar refractivity (Wildman–Crippen MR) is 66.9 cm³/mol. The minimum absolute atomic E-state index is 0.0813. The number of hydrogen-bond acceptors (Lipinski definition) is 4. The SMILES string of the molecule is CCCCOC(=O)CNC1CCOC(C)(C)C1. The molecule has 1 N–H and O–H groups in total. The van der Waals surface area contributed by atoms with Gasteiger partial charge in [0.1, 0.15) is 0 Å². The highest BCUT2D eigenvalue weighted by Gasteiger charge is 2.28. The lowest BCUT2D eigenvalue weighted by atomic mass is 9.94. The smallest absolute Gasteiger partial charge is 0.319 e. The van der Waals surface area contributed by atoms with Crippen molar-refractivity contribution in [2.45, 2.75) is 58.1 Å². The molecular formula is C13H25NO3. The zero-order valence-electron chi connectivity index (χ0n) is 11.3. The van der Waals surface area contributed by atoms with Crippen molar-refractivity contribution in [1.29, 1.82) is 0 Å². The summed E-state index contributed by atoms with van der Waals surface area (Å²) in [6, 6.07) is 0.359. The fourth-order valence-corrected chi connectivity index (χ4v) is 2.02. The summed E-state index contributed by atoms with van der Waals surface area (Å²) in [5, 5.41) is 3.25. The first-order valence-corrected chi connectivity index (χ1v) is 6.56. The third kappa shape index (κ3) is 6.03. The summed E-state index contributed by atoms with van der Waals surface area (Å²) in [4.78, 5) is 11.4. The maximum Gasteiger partial charge on any atom is 0.319 e. The summed E-state index contributed by atoms with van der Waals surface area (Å²) in [6.07, 6.45) is 3.89. The third-order valence-corrected chi connectivity index (χ3v) is 2.99. The van der Waals surface area contributed by atoms with E-state index in [4.69, 9.17) is 9.47 Å². The molecule has 1 rings (SSSR count). The average molecular weight is 243 g/mol. The molecule has 0 aromatic carbocycles. The van der Waals surface area contributed by atoms with Crippen molar-refractivity contribution in [2.24, 2.45) is 0 Å². The van der Waals surface area contributed by atoms with Crippen molar-refractivity contribution < 1.29 is 14.3 Å². The largest absolute Gasteiger partial charge is 0.465 e. The average Bonchev–Trinajstić information content (AvgIpc) is 2.25. The predicted octanol–water partition coefficient (Wildman–Crippen LogP) is 1.88. The van der Waals surface area contributed by atoms with Crippen molar-refractivity contribution >= 4 is 5.97 Å². The van der Waals surface area contributed by atoms with Gasteiger partial charge in [-0.15, -0.1) is 0 Å². The summed E-state index contributed by atoms with van der Waals surface area (Å²) in [5.41, 5.74) is -0.0813. The molecule has 1 unspecified atom stereocenters. The van der Waals surface area contributed by atoms with Gasteiger partial charge in [0.05, 0.1) is 18.8 Å². The molecule has 0 aliphatic carbocycles. The summed E-state index contributed by atoms with van der Waals surface area (Å²) in [6.45, 7) is 7.85. The van der Waals surface area contributed by atoms with Crippen molar-refractivity contribution in [3.63, 3.8) is 0 Å². The Labute approximate surface area is 104 Å². The number of esters is 1. The van der Waals surface area contributed by atoms with Crippen LogP contribution >= 0.6 is 0 Å². The van der Waals surface area contributed by atoms with Gasteiger partial charge in [0, 0.05) is 12.6 Å². The van der Waals surface area contributed by atoms with Gasteiger partial charge in [-0.1, -0.05) is 13.3 Å². The molecule has 0 amide bonds. The number of carbonyl (C=O) groups excluding carboxylic acids is 1. The van der Waals surface area contributed by atoms with Crippen LogP contribution in [0.2, 0.25) is 0 Å². The van der Waals surface area contributed by atoms with Gasteiger partial charge in [-0.3, -0.25) is 4.79 Å². The summed E-state index contributed by atoms with van der Waals surface area (Å²) < 4.78 is 10.7. The van der Waals surface area contributed by atoms with Crippen LogP contribution in [0.4, 0.5) is 0 Å². The Bertz CT molecular complexity index is 241. The van der Waals surface area contributed by atoms with E-state index in [9.17, 15) is 4.79 Å². The van der Waals surface area contributed by atoms with Crippen LogP contribution in [0.3, 0.4) is 0 Å². The Kier molecular flexibility index (Phi) is 5.92. The number of hydrogen-bond donors (Lipinski definition) is 1. The molecule has 4 nitrogen and oxygen atoms in total. The maximum absolute atomic E-state index is 11.4. The Hall–Kier alpha value is -0.610. The van der Waals surface area contributed by atoms with E-state index in [1.54, 1.807) is 0 Å². The van der Waals surface area contributed by atoms with E-state index in [1.165, 1.54) is 0 Å². The number of nitrogens with one attached hydrogen (secondary N) is 1. The highest BCUT2D eigenvalue weighted by molar-refractivity contribution is 5.71. The van der Waals surface area contributed by atoms with E-state index in [0.29, 0.717) is 19.2 Å². The normalized spacial score (nSPS) is 23.4. The Balaban J connectivity index is 2.15. The molecule has 17 heavy (non-hydrogen) atoms. The van der Waals surface area contributed by atoms with E-state index in [2.05, 4.69) is 26.1 Å². The quantitative estimate of drug-likeness (QED) is 0.571. The molecule has 1 heterocycles. The summed E-state index contributed by atoms with van der Waals surface area (Å²) >= 11 is 0. The summed E-state index contributed by atoms with van der Waals surface area (Å²) in [7, 11) is 0. The molecule has 1 saturated heterocycles. The van der Waals surface area contributed by atoms with Gasteiger partial charge in [0.25, 0.3) is 0 Å². The molecule has 0 bridgehead atoms. The topological polar surface area (TPSA) is 47.6 Å². The fraction of sp³-hybridized carbons (Fsp3) is 0.923. The maximum atomic E-state index is 11.4. The first-order chi connectivity index (χ1) is 8.03. The lowest BCUT2D eigenvalue weighted by molar-refractivity contribution is -0.143. The van der Waals surface area contributed by atoms with Crippen LogP contribution in [-0.4, -0.2) is 37.4 Å². The Morgan fingerprint density at radius 3 is 2.94 bits per heavy atom. The van der Waals surface area contributed by atoms with Gasteiger partial charge in [0.2, 0.25) is 0 Å². The number of ether oxygens (including phenoxy) is 2. The van der Waals surface area contributed by atoms with Gasteiger partial charge in [-0.25, -0.2) is 0 Å². The van der Waals surface area contributed by atoms with Gasteiger partial charge in [0.15, 0.2) is 0 Å². The first-order valence-electron chi connectivity index (χ1n) is 6.56. The van der Waals surface area contributed by atoms with Gasteiger partial charge >= 0.3 is 5.97 Å². The molecule has 0 spiro atoms. The zero-order chi connectivity index (χ0) is 12.7. The highest BCUT2D eigenvalue weighted by atomic mass is 16.5. The summed E-state index contributed by atoms with van der Waals surface area (Å²) in [5.74, 6) is -0.150. The molecule has 1 aliphatic heterocycles. The minimum Gasteiger partial charge on any atom is -0.465 e. The van der Waals surface area contributed by atoms with Crippen LogP contribution in [0.25, 0.3) is 0 Å². The fourth-order valence-electron chi connectivity index (χ4n) is 2.02. The van der Waals surface area contributed by atoms with Gasteiger partial charge in [-0.2, -0.15) is 0 Å². The highest BCUT2D eigenvalue weighted by Crippen LogP contribution is 2.23. The number of carbonyl (C=O) groups is 1. The standard InChI is InChI=1S/C13H25NO3/c1-4-5-7-16-12(15)10-14-11-6-8-17-13(2,3)9-11/h11,14H,4-10H2,1-3H3. The lowest BCUT2D eigenvalue weighted by Crippen LogP contribution is -2.45. The number of rotatable bonds is 6. The molecule has 4 heteroatoms. The molecule has 100 valence electrons. The lowest BCUT2D eigenvalue weighted by Gasteiger charge is -2.35. The van der Waals surface area contributed by atoms with Crippen molar-refractivity contribution in [3.8, 4) is 0 Å². The van der Waals surface area contributed by atoms with E-state index in [-0.39, 0.29) is 11.6 Å². The van der Waals surface area contributed by atoms with E-state index < -0.39 is 0 Å². The van der Waals surface area contributed by atoms with Crippen LogP contribution in [-0.2, 0) is 14.3 Å².